The van der Waals surface area contributed by atoms with Gasteiger partial charge >= 0.3 is 5.75 Å². The van der Waals surface area contributed by atoms with Crippen LogP contribution in [0, 0.1) is 10.1 Å². The molecule has 1 aromatic carbocycles. The Morgan fingerprint density at radius 3 is 2.53 bits per heavy atom. The van der Waals surface area contributed by atoms with Crippen LogP contribution in [-0.4, -0.2) is 17.0 Å². The molecule has 78 valence electrons. The van der Waals surface area contributed by atoms with Crippen molar-refractivity contribution in [2.45, 2.75) is 5.75 Å². The number of nitro groups is 1. The van der Waals surface area contributed by atoms with Crippen molar-refractivity contribution in [2.24, 2.45) is 0 Å². The summed E-state index contributed by atoms with van der Waals surface area (Å²) in [5.74, 6) is -0.628. The second-order valence-electron chi connectivity index (χ2n) is 2.74. The van der Waals surface area contributed by atoms with Gasteiger partial charge in [-0.15, -0.1) is 0 Å². The Balaban J connectivity index is 2.55. The first-order valence-corrected chi connectivity index (χ1v) is 4.30. The first-order chi connectivity index (χ1) is 7.11. The molecule has 0 aromatic heterocycles. The predicted molar refractivity (Wildman–Crippen MR) is 49.4 cm³/mol. The van der Waals surface area contributed by atoms with Crippen LogP contribution in [0.25, 0.3) is 0 Å². The summed E-state index contributed by atoms with van der Waals surface area (Å²) in [6.07, 6.45) is 0.378. The Morgan fingerprint density at radius 1 is 1.40 bits per heavy atom. The molecule has 0 N–H and O–H groups in total. The van der Waals surface area contributed by atoms with E-state index in [1.165, 1.54) is 6.07 Å². The Hall–Kier alpha value is -1.82. The summed E-state index contributed by atoms with van der Waals surface area (Å²) in [4.78, 5) is 20.5. The number of nitro benzene ring substituents is 1. The van der Waals surface area contributed by atoms with E-state index in [9.17, 15) is 14.9 Å². The van der Waals surface area contributed by atoms with Gasteiger partial charge in [-0.1, -0.05) is 0 Å². The maximum atomic E-state index is 10.6. The van der Waals surface area contributed by atoms with E-state index in [2.05, 4.69) is 0 Å². The van der Waals surface area contributed by atoms with Crippen LogP contribution in [-0.2, 0) is 0 Å². The van der Waals surface area contributed by atoms with Gasteiger partial charge in [-0.05, 0) is 11.6 Å². The van der Waals surface area contributed by atoms with Crippen molar-refractivity contribution in [1.82, 2.24) is 0 Å². The topological polar surface area (TPSA) is 78.7 Å². The normalized spacial score (nSPS) is 17.5. The highest BCUT2D eigenvalue weighted by Crippen LogP contribution is 2.40. The number of hydrogen-bond donors (Lipinski definition) is 0. The lowest BCUT2D eigenvalue weighted by molar-refractivity contribution is -0.385. The molecule has 7 heteroatoms. The number of alkyl halides is 1. The molecule has 1 aliphatic rings. The van der Waals surface area contributed by atoms with Gasteiger partial charge in [-0.25, -0.2) is 0 Å². The fourth-order valence-corrected chi connectivity index (χ4v) is 1.42. The molecule has 6 nitrogen and oxygen atoms in total. The van der Waals surface area contributed by atoms with Crippen LogP contribution in [0.2, 0.25) is 0 Å². The zero-order chi connectivity index (χ0) is 11.0. The molecule has 0 fully saturated rings. The number of hydrogen-bond acceptors (Lipinski definition) is 5. The lowest BCUT2D eigenvalue weighted by atomic mass is 10.2. The lowest BCUT2D eigenvalue weighted by Gasteiger charge is -1.98. The molecule has 2 rings (SSSR count). The molecule has 0 aliphatic carbocycles. The maximum Gasteiger partial charge on any atom is 0.322 e. The number of carbonyl (C=O) groups excluding carboxylic acids is 1. The summed E-state index contributed by atoms with van der Waals surface area (Å²) in [7, 11) is 0. The van der Waals surface area contributed by atoms with Gasteiger partial charge in [-0.2, -0.15) is 0 Å². The van der Waals surface area contributed by atoms with Gasteiger partial charge in [0.2, 0.25) is 0 Å². The molecule has 1 unspecified atom stereocenters. The maximum absolute atomic E-state index is 10.6. The molecule has 15 heavy (non-hydrogen) atoms. The van der Waals surface area contributed by atoms with Crippen LogP contribution in [0.5, 0.6) is 11.5 Å². The molecule has 0 radical (unpaired) electrons. The van der Waals surface area contributed by atoms with Gasteiger partial charge in [0, 0.05) is 6.07 Å². The number of rotatable bonds is 2. The Labute approximate surface area is 88.5 Å². The van der Waals surface area contributed by atoms with Crippen LogP contribution >= 0.6 is 11.6 Å². The van der Waals surface area contributed by atoms with Crippen molar-refractivity contribution >= 4 is 23.6 Å². The SMILES string of the molecule is O=Cc1cc2c(cc1[N+](=O)[O-])OC(Cl)O2. The second kappa shape index (κ2) is 3.39. The van der Waals surface area contributed by atoms with Gasteiger partial charge in [-0.3, -0.25) is 14.9 Å². The van der Waals surface area contributed by atoms with Crippen LogP contribution in [0.15, 0.2) is 12.1 Å². The van der Waals surface area contributed by atoms with Gasteiger partial charge < -0.3 is 9.47 Å². The van der Waals surface area contributed by atoms with E-state index in [4.69, 9.17) is 21.1 Å². The third-order valence-electron chi connectivity index (χ3n) is 1.86. The monoisotopic (exact) mass is 229 g/mol. The van der Waals surface area contributed by atoms with Crippen molar-refractivity contribution in [2.75, 3.05) is 0 Å². The van der Waals surface area contributed by atoms with Crippen LogP contribution < -0.4 is 9.47 Å². The van der Waals surface area contributed by atoms with Gasteiger partial charge in [0.15, 0.2) is 17.8 Å². The first kappa shape index (κ1) is 9.72. The van der Waals surface area contributed by atoms with Gasteiger partial charge in [0.05, 0.1) is 16.6 Å². The summed E-state index contributed by atoms with van der Waals surface area (Å²) in [6, 6.07) is 2.34. The number of halogens is 1. The fourth-order valence-electron chi connectivity index (χ4n) is 1.23. The minimum absolute atomic E-state index is 0.0758. The number of ether oxygens (including phenoxy) is 2. The molecule has 1 aliphatic heterocycles. The highest BCUT2D eigenvalue weighted by atomic mass is 35.5. The Bertz CT molecular complexity index is 447. The van der Waals surface area contributed by atoms with Crippen molar-refractivity contribution in [3.05, 3.63) is 27.8 Å². The van der Waals surface area contributed by atoms with Crippen molar-refractivity contribution in [1.29, 1.82) is 0 Å². The van der Waals surface area contributed by atoms with Crippen molar-refractivity contribution in [3.8, 4) is 11.5 Å². The number of carbonyl (C=O) groups is 1. The zero-order valence-electron chi connectivity index (χ0n) is 7.18. The summed E-state index contributed by atoms with van der Waals surface area (Å²) < 4.78 is 9.87. The first-order valence-electron chi connectivity index (χ1n) is 3.87. The third kappa shape index (κ3) is 1.59. The summed E-state index contributed by atoms with van der Waals surface area (Å²) in [5, 5.41) is 10.6. The van der Waals surface area contributed by atoms with E-state index in [1.807, 2.05) is 0 Å². The zero-order valence-corrected chi connectivity index (χ0v) is 7.93. The molecular formula is C8H4ClNO5. The minimum atomic E-state index is -1.01. The van der Waals surface area contributed by atoms with Crippen LogP contribution in [0.1, 0.15) is 10.4 Å². The standard InChI is InChI=1S/C8H4ClNO5/c9-8-14-6-1-4(3-11)5(10(12)13)2-7(6)15-8/h1-3,8H. The fraction of sp³-hybridized carbons (Fsp3) is 0.125. The number of fused-ring (bicyclic) bond motifs is 1. The Morgan fingerprint density at radius 2 is 2.00 bits per heavy atom. The van der Waals surface area contributed by atoms with Crippen molar-refractivity contribution in [3.63, 3.8) is 0 Å². The smallest absolute Gasteiger partial charge is 0.322 e. The molecule has 0 spiro atoms. The molecule has 1 heterocycles. The minimum Gasteiger partial charge on any atom is -0.438 e. The molecule has 0 amide bonds. The molecule has 1 aromatic rings. The van der Waals surface area contributed by atoms with Crippen molar-refractivity contribution < 1.29 is 19.2 Å². The highest BCUT2D eigenvalue weighted by molar-refractivity contribution is 6.19. The molecular weight excluding hydrogens is 226 g/mol. The molecule has 1 atom stereocenters. The van der Waals surface area contributed by atoms with Crippen LogP contribution in [0.3, 0.4) is 0 Å². The van der Waals surface area contributed by atoms with E-state index in [0.717, 1.165) is 6.07 Å². The predicted octanol–water partition coefficient (Wildman–Crippen LogP) is 1.70. The largest absolute Gasteiger partial charge is 0.438 e. The van der Waals surface area contributed by atoms with E-state index < -0.39 is 10.7 Å². The van der Waals surface area contributed by atoms with E-state index in [-0.39, 0.29) is 22.7 Å². The summed E-state index contributed by atoms with van der Waals surface area (Å²) in [5.41, 5.74) is -0.411. The average Bonchev–Trinajstić information content (AvgIpc) is 2.54. The molecule has 0 saturated carbocycles. The molecule has 0 saturated heterocycles. The second-order valence-corrected chi connectivity index (χ2v) is 3.10. The third-order valence-corrected chi connectivity index (χ3v) is 2.03. The van der Waals surface area contributed by atoms with Gasteiger partial charge in [0.25, 0.3) is 5.69 Å². The van der Waals surface area contributed by atoms with Crippen LogP contribution in [0.4, 0.5) is 5.69 Å². The van der Waals surface area contributed by atoms with Gasteiger partial charge in [0.1, 0.15) is 0 Å². The van der Waals surface area contributed by atoms with E-state index in [0.29, 0.717) is 6.29 Å². The van der Waals surface area contributed by atoms with E-state index in [1.54, 1.807) is 0 Å². The number of benzene rings is 1. The average molecular weight is 230 g/mol. The summed E-state index contributed by atoms with van der Waals surface area (Å²) in [6.45, 7) is 0. The lowest BCUT2D eigenvalue weighted by Crippen LogP contribution is -2.07. The molecule has 0 bridgehead atoms. The highest BCUT2D eigenvalue weighted by Gasteiger charge is 2.27. The summed E-state index contributed by atoms with van der Waals surface area (Å²) >= 11 is 5.50. The quantitative estimate of drug-likeness (QED) is 0.334. The number of nitrogens with zero attached hydrogens (tertiary/aromatic N) is 1. The number of aldehydes is 1. The van der Waals surface area contributed by atoms with E-state index >= 15 is 0 Å². The Kier molecular flexibility index (Phi) is 2.20.